The molecule has 11 nitrogen and oxygen atoms in total. The number of nitrogens with one attached hydrogen (secondary N) is 1. The van der Waals surface area contributed by atoms with Crippen molar-refractivity contribution in [3.05, 3.63) is 80.2 Å². The fourth-order valence-electron chi connectivity index (χ4n) is 4.28. The number of aryl methyl sites for hydroxylation is 2. The first-order valence-electron chi connectivity index (χ1n) is 11.5. The minimum Gasteiger partial charge on any atom is -0.495 e. The number of hydrogen-bond donors (Lipinski definition) is 1. The van der Waals surface area contributed by atoms with Crippen LogP contribution in [0.2, 0.25) is 0 Å². The molecule has 0 fully saturated rings. The van der Waals surface area contributed by atoms with Crippen molar-refractivity contribution in [3.8, 4) is 5.75 Å². The number of amides is 1. The molecule has 0 aliphatic rings. The van der Waals surface area contributed by atoms with E-state index in [1.54, 1.807) is 34.2 Å². The van der Waals surface area contributed by atoms with Crippen LogP contribution in [0.1, 0.15) is 11.1 Å². The molecule has 5 aromatic rings. The predicted octanol–water partition coefficient (Wildman–Crippen LogP) is 2.32. The molecule has 2 aromatic carbocycles. The van der Waals surface area contributed by atoms with Crippen molar-refractivity contribution in [2.24, 2.45) is 14.1 Å². The fraction of sp³-hybridized carbons (Fsp3) is 0.240. The van der Waals surface area contributed by atoms with Crippen molar-refractivity contribution in [3.63, 3.8) is 0 Å². The van der Waals surface area contributed by atoms with Gasteiger partial charge in [0.15, 0.2) is 16.3 Å². The molecule has 3 heterocycles. The van der Waals surface area contributed by atoms with E-state index in [1.165, 1.54) is 30.9 Å². The second-order valence-corrected chi connectivity index (χ2v) is 9.69. The highest BCUT2D eigenvalue weighted by Gasteiger charge is 2.24. The summed E-state index contributed by atoms with van der Waals surface area (Å²) >= 11 is 1.11. The molecule has 0 saturated carbocycles. The van der Waals surface area contributed by atoms with Crippen LogP contribution in [-0.4, -0.2) is 47.1 Å². The minimum atomic E-state index is -0.516. The van der Waals surface area contributed by atoms with Crippen LogP contribution in [0.15, 0.2) is 57.2 Å². The monoisotopic (exact) mass is 537 g/mol. The molecule has 0 spiro atoms. The predicted molar refractivity (Wildman–Crippen MR) is 142 cm³/mol. The Morgan fingerprint density at radius 2 is 1.82 bits per heavy atom. The van der Waals surface area contributed by atoms with Crippen LogP contribution in [-0.2, 0) is 25.4 Å². The molecular formula is C25H24FN7O4S. The minimum absolute atomic E-state index is 0.0126. The van der Waals surface area contributed by atoms with Gasteiger partial charge in [-0.15, -0.1) is 10.2 Å². The molecule has 0 bridgehead atoms. The molecular weight excluding hydrogens is 513 g/mol. The Morgan fingerprint density at radius 1 is 1.08 bits per heavy atom. The number of ether oxygens (including phenoxy) is 1. The number of thioether (sulfide) groups is 1. The third kappa shape index (κ3) is 4.34. The number of anilines is 1. The van der Waals surface area contributed by atoms with E-state index < -0.39 is 11.2 Å². The van der Waals surface area contributed by atoms with E-state index in [4.69, 9.17) is 4.74 Å². The highest BCUT2D eigenvalue weighted by Crippen LogP contribution is 2.27. The summed E-state index contributed by atoms with van der Waals surface area (Å²) < 4.78 is 24.4. The molecule has 0 atom stereocenters. The van der Waals surface area contributed by atoms with E-state index in [0.29, 0.717) is 28.0 Å². The van der Waals surface area contributed by atoms with Gasteiger partial charge in [-0.05, 0) is 42.3 Å². The van der Waals surface area contributed by atoms with Crippen molar-refractivity contribution < 1.29 is 13.9 Å². The first-order chi connectivity index (χ1) is 18.2. The third-order valence-corrected chi connectivity index (χ3v) is 7.09. The molecule has 3 aromatic heterocycles. The number of methoxy groups -OCH3 is 1. The van der Waals surface area contributed by atoms with Gasteiger partial charge in [0.1, 0.15) is 11.6 Å². The Hall–Kier alpha value is -4.39. The van der Waals surface area contributed by atoms with Gasteiger partial charge in [0.2, 0.25) is 11.7 Å². The highest BCUT2D eigenvalue weighted by atomic mass is 32.2. The lowest BCUT2D eigenvalue weighted by atomic mass is 10.2. The van der Waals surface area contributed by atoms with Gasteiger partial charge in [0.05, 0.1) is 25.1 Å². The van der Waals surface area contributed by atoms with Crippen molar-refractivity contribution in [1.29, 1.82) is 0 Å². The second-order valence-electron chi connectivity index (χ2n) is 8.75. The van der Waals surface area contributed by atoms with Crippen molar-refractivity contribution in [2.45, 2.75) is 18.6 Å². The van der Waals surface area contributed by atoms with E-state index in [2.05, 4.69) is 15.5 Å². The average molecular weight is 538 g/mol. The van der Waals surface area contributed by atoms with Crippen LogP contribution < -0.4 is 21.3 Å². The second kappa shape index (κ2) is 9.82. The van der Waals surface area contributed by atoms with Gasteiger partial charge < -0.3 is 10.1 Å². The smallest absolute Gasteiger partial charge is 0.332 e. The molecule has 1 N–H and O–H groups in total. The number of carbonyl (C=O) groups excluding carboxylic acids is 1. The first-order valence-corrected chi connectivity index (χ1v) is 12.5. The summed E-state index contributed by atoms with van der Waals surface area (Å²) in [6.45, 7) is 2.10. The zero-order valence-corrected chi connectivity index (χ0v) is 21.9. The number of imidazole rings is 1. The van der Waals surface area contributed by atoms with Gasteiger partial charge in [-0.25, -0.2) is 13.6 Å². The number of aromatic nitrogens is 6. The van der Waals surface area contributed by atoms with Gasteiger partial charge in [0.25, 0.3) is 5.56 Å². The van der Waals surface area contributed by atoms with Crippen LogP contribution in [0.5, 0.6) is 5.75 Å². The summed E-state index contributed by atoms with van der Waals surface area (Å²) in [4.78, 5) is 38.8. The lowest BCUT2D eigenvalue weighted by Crippen LogP contribution is -2.37. The van der Waals surface area contributed by atoms with Crippen molar-refractivity contribution >= 4 is 40.3 Å². The molecule has 196 valence electrons. The Balaban J connectivity index is 1.55. The third-order valence-electron chi connectivity index (χ3n) is 6.17. The molecule has 13 heteroatoms. The Bertz CT molecular complexity index is 1820. The maximum absolute atomic E-state index is 13.5. The van der Waals surface area contributed by atoms with Gasteiger partial charge in [-0.2, -0.15) is 0 Å². The normalized spacial score (nSPS) is 11.4. The standard InChI is InChI=1S/C25H24FN7O4S/c1-14-5-10-18(37-4)17(11-14)27-19(34)13-38-24-29-28-23-32(12-15-6-8-16(26)9-7-15)20-21(33(23)24)30(2)25(36)31(3)22(20)35/h5-11H,12-13H2,1-4H3,(H,27,34). The highest BCUT2D eigenvalue weighted by molar-refractivity contribution is 7.99. The zero-order chi connectivity index (χ0) is 27.1. The van der Waals surface area contributed by atoms with Crippen molar-refractivity contribution in [2.75, 3.05) is 18.2 Å². The number of hydrogen-bond acceptors (Lipinski definition) is 7. The molecule has 0 radical (unpaired) electrons. The Morgan fingerprint density at radius 3 is 2.53 bits per heavy atom. The lowest BCUT2D eigenvalue weighted by molar-refractivity contribution is -0.113. The lowest BCUT2D eigenvalue weighted by Gasteiger charge is -2.10. The summed E-state index contributed by atoms with van der Waals surface area (Å²) in [5.41, 5.74) is 1.75. The maximum atomic E-state index is 13.5. The van der Waals surface area contributed by atoms with Crippen LogP contribution in [0, 0.1) is 12.7 Å². The summed E-state index contributed by atoms with van der Waals surface area (Å²) in [5.74, 6) is 0.161. The number of benzene rings is 2. The van der Waals surface area contributed by atoms with Gasteiger partial charge in [0, 0.05) is 14.1 Å². The Labute approximate surface area is 219 Å². The largest absolute Gasteiger partial charge is 0.495 e. The van der Waals surface area contributed by atoms with Crippen LogP contribution >= 0.6 is 11.8 Å². The summed E-state index contributed by atoms with van der Waals surface area (Å²) in [6, 6.07) is 11.4. The molecule has 5 rings (SSSR count). The van der Waals surface area contributed by atoms with Crippen molar-refractivity contribution in [1.82, 2.24) is 28.3 Å². The SMILES string of the molecule is COc1ccc(C)cc1NC(=O)CSc1nnc2n(Cc3ccc(F)cc3)c3c(=O)n(C)c(=O)n(C)c3n12. The number of fused-ring (bicyclic) bond motifs is 3. The van der Waals surface area contributed by atoms with E-state index in [9.17, 15) is 18.8 Å². The molecule has 0 aliphatic heterocycles. The average Bonchev–Trinajstić information content (AvgIpc) is 3.45. The van der Waals surface area contributed by atoms with E-state index >= 15 is 0 Å². The maximum Gasteiger partial charge on any atom is 0.332 e. The van der Waals surface area contributed by atoms with Crippen LogP contribution in [0.4, 0.5) is 10.1 Å². The summed E-state index contributed by atoms with van der Waals surface area (Å²) in [7, 11) is 4.48. The van der Waals surface area contributed by atoms with Gasteiger partial charge in [-0.3, -0.25) is 23.3 Å². The number of nitrogens with zero attached hydrogens (tertiary/aromatic N) is 6. The fourth-order valence-corrected chi connectivity index (χ4v) is 5.01. The van der Waals surface area contributed by atoms with E-state index in [0.717, 1.165) is 27.5 Å². The van der Waals surface area contributed by atoms with Crippen LogP contribution in [0.3, 0.4) is 0 Å². The quantitative estimate of drug-likeness (QED) is 0.317. The van der Waals surface area contributed by atoms with Gasteiger partial charge in [-0.1, -0.05) is 30.0 Å². The number of rotatable bonds is 7. The molecule has 38 heavy (non-hydrogen) atoms. The molecule has 0 saturated heterocycles. The molecule has 1 amide bonds. The van der Waals surface area contributed by atoms with E-state index in [-0.39, 0.29) is 29.5 Å². The first kappa shape index (κ1) is 25.3. The molecule has 0 aliphatic carbocycles. The van der Waals surface area contributed by atoms with E-state index in [1.807, 2.05) is 19.1 Å². The summed E-state index contributed by atoms with van der Waals surface area (Å²) in [5, 5.41) is 11.7. The Kier molecular flexibility index (Phi) is 6.53. The topological polar surface area (TPSA) is 117 Å². The van der Waals surface area contributed by atoms with Crippen LogP contribution in [0.25, 0.3) is 16.9 Å². The zero-order valence-electron chi connectivity index (χ0n) is 21.1. The number of halogens is 1. The summed E-state index contributed by atoms with van der Waals surface area (Å²) in [6.07, 6.45) is 0. The number of carbonyl (C=O) groups is 1. The van der Waals surface area contributed by atoms with Gasteiger partial charge >= 0.3 is 5.69 Å². The molecule has 0 unspecified atom stereocenters.